The Kier molecular flexibility index (Phi) is 4.66. The van der Waals surface area contributed by atoms with E-state index < -0.39 is 0 Å². The number of fused-ring (bicyclic) bond motifs is 1. The first kappa shape index (κ1) is 16.3. The maximum Gasteiger partial charge on any atom is 0.282 e. The minimum atomic E-state index is -0.338. The Morgan fingerprint density at radius 3 is 2.79 bits per heavy atom. The number of amides is 1. The molecule has 6 heteroatoms. The molecule has 0 fully saturated rings. The first-order chi connectivity index (χ1) is 11.5. The minimum absolute atomic E-state index is 0.136. The molecule has 0 saturated heterocycles. The Morgan fingerprint density at radius 2 is 2.00 bits per heavy atom. The number of hydrogen-bond acceptors (Lipinski definition) is 3. The second-order valence-corrected chi connectivity index (χ2v) is 5.89. The summed E-state index contributed by atoms with van der Waals surface area (Å²) in [5, 5.41) is 2.86. The number of hydrogen-bond donors (Lipinski definition) is 2. The van der Waals surface area contributed by atoms with E-state index in [4.69, 9.17) is 9.47 Å². The van der Waals surface area contributed by atoms with Crippen LogP contribution < -0.4 is 19.7 Å². The van der Waals surface area contributed by atoms with Crippen LogP contribution in [-0.2, 0) is 11.3 Å². The van der Waals surface area contributed by atoms with Gasteiger partial charge in [-0.05, 0) is 25.1 Å². The predicted molar refractivity (Wildman–Crippen MR) is 87.6 cm³/mol. The van der Waals surface area contributed by atoms with Crippen molar-refractivity contribution in [1.29, 1.82) is 0 Å². The van der Waals surface area contributed by atoms with Gasteiger partial charge in [0.2, 0.25) is 6.79 Å². The van der Waals surface area contributed by atoms with Gasteiger partial charge in [-0.3, -0.25) is 4.79 Å². The number of carbonyl (C=O) groups excluding carboxylic acids is 1. The van der Waals surface area contributed by atoms with Crippen LogP contribution in [0.25, 0.3) is 0 Å². The molecule has 5 nitrogen and oxygen atoms in total. The van der Waals surface area contributed by atoms with Crippen molar-refractivity contribution in [2.45, 2.75) is 19.5 Å². The van der Waals surface area contributed by atoms with Crippen LogP contribution in [0.15, 0.2) is 42.5 Å². The Morgan fingerprint density at radius 1 is 1.25 bits per heavy atom. The first-order valence-electron chi connectivity index (χ1n) is 7.81. The number of rotatable bonds is 5. The lowest BCUT2D eigenvalue weighted by molar-refractivity contribution is -0.908. The van der Waals surface area contributed by atoms with E-state index >= 15 is 0 Å². The van der Waals surface area contributed by atoms with Crippen molar-refractivity contribution in [2.24, 2.45) is 0 Å². The molecule has 1 heterocycles. The second-order valence-electron chi connectivity index (χ2n) is 5.89. The monoisotopic (exact) mass is 331 g/mol. The van der Waals surface area contributed by atoms with Gasteiger partial charge < -0.3 is 19.7 Å². The number of quaternary nitrogens is 1. The molecule has 1 unspecified atom stereocenters. The molecule has 2 aromatic carbocycles. The maximum absolute atomic E-state index is 13.7. The third-order valence-electron chi connectivity index (χ3n) is 4.20. The fourth-order valence-corrected chi connectivity index (χ4v) is 2.54. The molecule has 0 radical (unpaired) electrons. The van der Waals surface area contributed by atoms with Crippen LogP contribution in [0.4, 0.5) is 10.1 Å². The molecule has 0 aliphatic carbocycles. The number of ether oxygens (including phenoxy) is 2. The molecule has 0 bridgehead atoms. The zero-order chi connectivity index (χ0) is 17.1. The van der Waals surface area contributed by atoms with Gasteiger partial charge in [0, 0.05) is 17.3 Å². The Balaban J connectivity index is 1.63. The molecule has 0 spiro atoms. The first-order valence-corrected chi connectivity index (χ1v) is 7.81. The van der Waals surface area contributed by atoms with Gasteiger partial charge in [0.05, 0.1) is 7.05 Å². The van der Waals surface area contributed by atoms with E-state index in [1.807, 2.05) is 14.0 Å². The third-order valence-corrected chi connectivity index (χ3v) is 4.20. The van der Waals surface area contributed by atoms with Crippen LogP contribution in [0.5, 0.6) is 11.5 Å². The lowest BCUT2D eigenvalue weighted by Gasteiger charge is -2.21. The van der Waals surface area contributed by atoms with Gasteiger partial charge in [0.25, 0.3) is 5.91 Å². The van der Waals surface area contributed by atoms with Gasteiger partial charge in [-0.2, -0.15) is 0 Å². The highest BCUT2D eigenvalue weighted by molar-refractivity contribution is 5.93. The minimum Gasteiger partial charge on any atom is -0.454 e. The molecule has 2 aromatic rings. The summed E-state index contributed by atoms with van der Waals surface area (Å²) >= 11 is 0. The normalized spacial score (nSPS) is 15.0. The van der Waals surface area contributed by atoms with Crippen LogP contribution in [0.3, 0.4) is 0 Å². The van der Waals surface area contributed by atoms with Crippen molar-refractivity contribution < 1.29 is 23.6 Å². The lowest BCUT2D eigenvalue weighted by atomic mass is 10.1. The highest BCUT2D eigenvalue weighted by Crippen LogP contribution is 2.34. The topological polar surface area (TPSA) is 52.0 Å². The molecule has 0 aromatic heterocycles. The molecular formula is C18H20FN2O3+. The fourth-order valence-electron chi connectivity index (χ4n) is 2.54. The lowest BCUT2D eigenvalue weighted by Crippen LogP contribution is -3.12. The molecule has 126 valence electrons. The number of carbonyl (C=O) groups is 1. The molecule has 0 saturated carbocycles. The second kappa shape index (κ2) is 6.88. The predicted octanol–water partition coefficient (Wildman–Crippen LogP) is 1.60. The molecule has 1 amide bonds. The van der Waals surface area contributed by atoms with Crippen LogP contribution in [-0.4, -0.2) is 25.8 Å². The molecule has 2 atom stereocenters. The van der Waals surface area contributed by atoms with Crippen molar-refractivity contribution in [3.8, 4) is 11.5 Å². The van der Waals surface area contributed by atoms with E-state index in [1.165, 1.54) is 6.07 Å². The quantitative estimate of drug-likeness (QED) is 0.875. The Labute approximate surface area is 140 Å². The summed E-state index contributed by atoms with van der Waals surface area (Å²) in [4.78, 5) is 13.3. The van der Waals surface area contributed by atoms with E-state index in [-0.39, 0.29) is 24.6 Å². The van der Waals surface area contributed by atoms with Gasteiger partial charge in [-0.1, -0.05) is 18.2 Å². The van der Waals surface area contributed by atoms with Gasteiger partial charge >= 0.3 is 0 Å². The number of likely N-dealkylation sites (N-methyl/N-ethyl adjacent to an activating group) is 1. The van der Waals surface area contributed by atoms with Crippen molar-refractivity contribution in [1.82, 2.24) is 0 Å². The average molecular weight is 331 g/mol. The largest absolute Gasteiger partial charge is 0.454 e. The number of halogens is 1. The molecule has 1 aliphatic heterocycles. The highest BCUT2D eigenvalue weighted by Gasteiger charge is 2.23. The zero-order valence-electron chi connectivity index (χ0n) is 13.6. The zero-order valence-corrected chi connectivity index (χ0v) is 13.6. The maximum atomic E-state index is 13.7. The summed E-state index contributed by atoms with van der Waals surface area (Å²) < 4.78 is 24.3. The number of benzene rings is 2. The van der Waals surface area contributed by atoms with E-state index in [2.05, 4.69) is 5.32 Å². The Hall–Kier alpha value is -2.60. The van der Waals surface area contributed by atoms with Gasteiger partial charge in [-0.15, -0.1) is 0 Å². The SMILES string of the molecule is C[C@H](C(=O)Nc1ccc2c(c1)OCO2)[NH+](C)Cc1ccccc1F. The summed E-state index contributed by atoms with van der Waals surface area (Å²) in [6, 6.07) is 11.5. The van der Waals surface area contributed by atoms with E-state index in [0.29, 0.717) is 29.3 Å². The molecule has 3 rings (SSSR count). The number of nitrogens with one attached hydrogen (secondary N) is 2. The third kappa shape index (κ3) is 3.49. The molecule has 2 N–H and O–H groups in total. The summed E-state index contributed by atoms with van der Waals surface area (Å²) in [5.41, 5.74) is 1.24. The van der Waals surface area contributed by atoms with E-state index in [0.717, 1.165) is 4.90 Å². The van der Waals surface area contributed by atoms with Crippen molar-refractivity contribution in [3.63, 3.8) is 0 Å². The van der Waals surface area contributed by atoms with Gasteiger partial charge in [0.15, 0.2) is 17.5 Å². The number of anilines is 1. The average Bonchev–Trinajstić information content (AvgIpc) is 3.03. The summed E-state index contributed by atoms with van der Waals surface area (Å²) in [6.07, 6.45) is 0. The molecular weight excluding hydrogens is 311 g/mol. The van der Waals surface area contributed by atoms with Gasteiger partial charge in [-0.25, -0.2) is 4.39 Å². The van der Waals surface area contributed by atoms with E-state index in [9.17, 15) is 9.18 Å². The summed E-state index contributed by atoms with van der Waals surface area (Å²) in [5.74, 6) is 0.902. The fraction of sp³-hybridized carbons (Fsp3) is 0.278. The van der Waals surface area contributed by atoms with Crippen molar-refractivity contribution >= 4 is 11.6 Å². The van der Waals surface area contributed by atoms with Crippen molar-refractivity contribution in [3.05, 3.63) is 53.8 Å². The highest BCUT2D eigenvalue weighted by atomic mass is 19.1. The van der Waals surface area contributed by atoms with Crippen LogP contribution in [0, 0.1) is 5.82 Å². The van der Waals surface area contributed by atoms with E-state index in [1.54, 1.807) is 36.4 Å². The standard InChI is InChI=1S/C18H19FN2O3/c1-12(21(2)10-13-5-3-4-6-15(13)19)18(22)20-14-7-8-16-17(9-14)24-11-23-16/h3-9,12H,10-11H2,1-2H3,(H,20,22)/p+1/t12-/m1/s1. The summed E-state index contributed by atoms with van der Waals surface area (Å²) in [6.45, 7) is 2.44. The van der Waals surface area contributed by atoms with Crippen LogP contribution in [0.1, 0.15) is 12.5 Å². The van der Waals surface area contributed by atoms with Crippen LogP contribution in [0.2, 0.25) is 0 Å². The van der Waals surface area contributed by atoms with Gasteiger partial charge in [0.1, 0.15) is 12.4 Å². The molecule has 1 aliphatic rings. The smallest absolute Gasteiger partial charge is 0.282 e. The Bertz CT molecular complexity index is 751. The van der Waals surface area contributed by atoms with Crippen molar-refractivity contribution in [2.75, 3.05) is 19.2 Å². The molecule has 24 heavy (non-hydrogen) atoms. The van der Waals surface area contributed by atoms with Crippen LogP contribution >= 0.6 is 0 Å². The summed E-state index contributed by atoms with van der Waals surface area (Å²) in [7, 11) is 1.87.